The van der Waals surface area contributed by atoms with E-state index < -0.39 is 0 Å². The Labute approximate surface area is 144 Å². The first-order valence-corrected chi connectivity index (χ1v) is 9.02. The molecule has 0 radical (unpaired) electrons. The molecule has 3 rings (SSSR count). The third-order valence-electron chi connectivity index (χ3n) is 5.12. The average molecular weight is 329 g/mol. The number of hydrogen-bond acceptors (Lipinski definition) is 3. The monoisotopic (exact) mass is 329 g/mol. The Morgan fingerprint density at radius 2 is 1.83 bits per heavy atom. The van der Waals surface area contributed by atoms with Crippen molar-refractivity contribution in [1.29, 1.82) is 0 Å². The van der Waals surface area contributed by atoms with Crippen molar-refractivity contribution < 1.29 is 9.59 Å². The molecule has 24 heavy (non-hydrogen) atoms. The number of rotatable bonds is 4. The molecular formula is C19H27N3O2. The van der Waals surface area contributed by atoms with E-state index in [0.717, 1.165) is 45.4 Å². The lowest BCUT2D eigenvalue weighted by atomic mass is 9.83. The highest BCUT2D eigenvalue weighted by molar-refractivity contribution is 5.80. The van der Waals surface area contributed by atoms with Crippen LogP contribution in [0.5, 0.6) is 0 Å². The smallest absolute Gasteiger partial charge is 0.234 e. The van der Waals surface area contributed by atoms with Crippen LogP contribution in [0.3, 0.4) is 0 Å². The van der Waals surface area contributed by atoms with Gasteiger partial charge in [0.05, 0.1) is 6.54 Å². The van der Waals surface area contributed by atoms with Crippen LogP contribution < -0.4 is 5.32 Å². The van der Waals surface area contributed by atoms with E-state index in [4.69, 9.17) is 0 Å². The van der Waals surface area contributed by atoms with Gasteiger partial charge < -0.3 is 10.2 Å². The highest BCUT2D eigenvalue weighted by Gasteiger charge is 2.30. The maximum Gasteiger partial charge on any atom is 0.234 e. The van der Waals surface area contributed by atoms with Gasteiger partial charge in [0.15, 0.2) is 0 Å². The normalized spacial score (nSPS) is 21.2. The predicted molar refractivity (Wildman–Crippen MR) is 93.7 cm³/mol. The summed E-state index contributed by atoms with van der Waals surface area (Å²) in [7, 11) is 0. The molecule has 1 fully saturated rings. The van der Waals surface area contributed by atoms with Crippen molar-refractivity contribution >= 4 is 11.8 Å². The fraction of sp³-hybridized carbons (Fsp3) is 0.579. The molecule has 130 valence electrons. The van der Waals surface area contributed by atoms with Crippen LogP contribution in [0.4, 0.5) is 0 Å². The van der Waals surface area contributed by atoms with E-state index in [-0.39, 0.29) is 11.8 Å². The molecule has 1 aromatic rings. The predicted octanol–water partition coefficient (Wildman–Crippen LogP) is 1.07. The van der Waals surface area contributed by atoms with Gasteiger partial charge in [0.2, 0.25) is 11.8 Å². The molecule has 1 aliphatic carbocycles. The number of amides is 2. The molecule has 2 amide bonds. The van der Waals surface area contributed by atoms with Gasteiger partial charge in [-0.3, -0.25) is 14.5 Å². The molecule has 1 heterocycles. The molecule has 1 unspecified atom stereocenters. The zero-order valence-electron chi connectivity index (χ0n) is 14.5. The number of carbonyl (C=O) groups is 2. The molecule has 1 atom stereocenters. The second-order valence-corrected chi connectivity index (χ2v) is 6.76. The first-order valence-electron chi connectivity index (χ1n) is 9.02. The van der Waals surface area contributed by atoms with Crippen LogP contribution in [0.2, 0.25) is 0 Å². The molecule has 5 heteroatoms. The Bertz CT molecular complexity index is 594. The number of piperazine rings is 1. The number of likely N-dealkylation sites (N-methyl/N-ethyl adjacent to an activating group) is 1. The number of aryl methyl sites for hydroxylation is 1. The summed E-state index contributed by atoms with van der Waals surface area (Å²) in [5.74, 6) is 0.484. The minimum atomic E-state index is 0.0705. The lowest BCUT2D eigenvalue weighted by Crippen LogP contribution is -2.52. The van der Waals surface area contributed by atoms with E-state index in [1.807, 2.05) is 11.8 Å². The van der Waals surface area contributed by atoms with Gasteiger partial charge in [-0.1, -0.05) is 24.3 Å². The maximum absolute atomic E-state index is 12.8. The van der Waals surface area contributed by atoms with Gasteiger partial charge in [-0.15, -0.1) is 0 Å². The van der Waals surface area contributed by atoms with Crippen LogP contribution >= 0.6 is 0 Å². The lowest BCUT2D eigenvalue weighted by Gasteiger charge is -2.37. The van der Waals surface area contributed by atoms with Gasteiger partial charge in [-0.2, -0.15) is 0 Å². The average Bonchev–Trinajstić information content (AvgIpc) is 2.61. The van der Waals surface area contributed by atoms with Crippen molar-refractivity contribution in [2.24, 2.45) is 5.92 Å². The van der Waals surface area contributed by atoms with Gasteiger partial charge in [-0.25, -0.2) is 0 Å². The summed E-state index contributed by atoms with van der Waals surface area (Å²) in [4.78, 5) is 28.6. The number of hydrogen-bond donors (Lipinski definition) is 1. The third-order valence-corrected chi connectivity index (χ3v) is 5.12. The summed E-state index contributed by atoms with van der Waals surface area (Å²) in [5, 5.41) is 2.83. The molecule has 0 saturated carbocycles. The van der Waals surface area contributed by atoms with Gasteiger partial charge in [0.25, 0.3) is 0 Å². The van der Waals surface area contributed by atoms with Crippen LogP contribution in [0.1, 0.15) is 24.5 Å². The Morgan fingerprint density at radius 1 is 1.12 bits per heavy atom. The summed E-state index contributed by atoms with van der Waals surface area (Å²) in [6, 6.07) is 8.47. The van der Waals surface area contributed by atoms with Crippen molar-refractivity contribution in [2.45, 2.75) is 26.2 Å². The largest absolute Gasteiger partial charge is 0.355 e. The van der Waals surface area contributed by atoms with Crippen molar-refractivity contribution in [3.05, 3.63) is 35.4 Å². The number of carbonyl (C=O) groups excluding carboxylic acids is 2. The molecule has 1 aromatic carbocycles. The van der Waals surface area contributed by atoms with Gasteiger partial charge in [0.1, 0.15) is 0 Å². The SMILES string of the molecule is CCNC(=O)CN1CCN(C(=O)C2CCc3ccccc3C2)CC1. The summed E-state index contributed by atoms with van der Waals surface area (Å²) in [6.07, 6.45) is 2.83. The Balaban J connectivity index is 1.50. The second kappa shape index (κ2) is 7.79. The minimum Gasteiger partial charge on any atom is -0.355 e. The van der Waals surface area contributed by atoms with Gasteiger partial charge >= 0.3 is 0 Å². The quantitative estimate of drug-likeness (QED) is 0.899. The molecule has 1 N–H and O–H groups in total. The number of benzene rings is 1. The summed E-state index contributed by atoms with van der Waals surface area (Å²) in [5.41, 5.74) is 2.73. The minimum absolute atomic E-state index is 0.0705. The maximum atomic E-state index is 12.8. The topological polar surface area (TPSA) is 52.7 Å². The van der Waals surface area contributed by atoms with Crippen molar-refractivity contribution in [2.75, 3.05) is 39.3 Å². The van der Waals surface area contributed by atoms with Crippen LogP contribution in [0.15, 0.2) is 24.3 Å². The molecular weight excluding hydrogens is 302 g/mol. The second-order valence-electron chi connectivity index (χ2n) is 6.76. The van der Waals surface area contributed by atoms with Crippen LogP contribution in [-0.4, -0.2) is 60.9 Å². The fourth-order valence-corrected chi connectivity index (χ4v) is 3.75. The molecule has 2 aliphatic rings. The van der Waals surface area contributed by atoms with Crippen LogP contribution in [0.25, 0.3) is 0 Å². The van der Waals surface area contributed by atoms with Gasteiger partial charge in [0, 0.05) is 38.6 Å². The number of nitrogens with one attached hydrogen (secondary N) is 1. The zero-order chi connectivity index (χ0) is 16.9. The third kappa shape index (κ3) is 3.96. The summed E-state index contributed by atoms with van der Waals surface area (Å²) < 4.78 is 0. The van der Waals surface area contributed by atoms with E-state index in [1.165, 1.54) is 11.1 Å². The first kappa shape index (κ1) is 17.0. The van der Waals surface area contributed by atoms with E-state index in [0.29, 0.717) is 19.0 Å². The van der Waals surface area contributed by atoms with Crippen LogP contribution in [-0.2, 0) is 22.4 Å². The van der Waals surface area contributed by atoms with Crippen molar-refractivity contribution in [1.82, 2.24) is 15.1 Å². The number of fused-ring (bicyclic) bond motifs is 1. The standard InChI is InChI=1S/C19H27N3O2/c1-2-20-18(23)14-21-9-11-22(12-10-21)19(24)17-8-7-15-5-3-4-6-16(15)13-17/h3-6,17H,2,7-14H2,1H3,(H,20,23). The van der Waals surface area contributed by atoms with Gasteiger partial charge in [-0.05, 0) is 37.3 Å². The number of nitrogens with zero attached hydrogens (tertiary/aromatic N) is 2. The Kier molecular flexibility index (Phi) is 5.51. The van der Waals surface area contributed by atoms with Crippen molar-refractivity contribution in [3.8, 4) is 0 Å². The molecule has 0 bridgehead atoms. The molecule has 0 spiro atoms. The van der Waals surface area contributed by atoms with E-state index >= 15 is 0 Å². The molecule has 1 saturated heterocycles. The van der Waals surface area contributed by atoms with E-state index in [1.54, 1.807) is 0 Å². The van der Waals surface area contributed by atoms with Crippen LogP contribution in [0, 0.1) is 5.92 Å². The lowest BCUT2D eigenvalue weighted by molar-refractivity contribution is -0.137. The summed E-state index contributed by atoms with van der Waals surface area (Å²) >= 11 is 0. The molecule has 0 aromatic heterocycles. The van der Waals surface area contributed by atoms with E-state index in [9.17, 15) is 9.59 Å². The molecule has 1 aliphatic heterocycles. The Hall–Kier alpha value is -1.88. The zero-order valence-corrected chi connectivity index (χ0v) is 14.5. The fourth-order valence-electron chi connectivity index (χ4n) is 3.75. The Morgan fingerprint density at radius 3 is 2.54 bits per heavy atom. The summed E-state index contributed by atoms with van der Waals surface area (Å²) in [6.45, 7) is 6.06. The van der Waals surface area contributed by atoms with Crippen molar-refractivity contribution in [3.63, 3.8) is 0 Å². The first-order chi connectivity index (χ1) is 11.7. The molecule has 5 nitrogen and oxygen atoms in total. The van der Waals surface area contributed by atoms with E-state index in [2.05, 4.69) is 34.5 Å². The highest BCUT2D eigenvalue weighted by atomic mass is 16.2. The highest BCUT2D eigenvalue weighted by Crippen LogP contribution is 2.27.